The summed E-state index contributed by atoms with van der Waals surface area (Å²) in [6.45, 7) is 0. The molecule has 0 radical (unpaired) electrons. The van der Waals surface area contributed by atoms with Crippen LogP contribution in [0.15, 0.2) is 42.5 Å². The maximum absolute atomic E-state index is 13.1. The largest absolute Gasteiger partial charge is 0.469 e. The summed E-state index contributed by atoms with van der Waals surface area (Å²) in [5, 5.41) is 2.86. The van der Waals surface area contributed by atoms with Crippen molar-refractivity contribution in [3.63, 3.8) is 0 Å². The highest BCUT2D eigenvalue weighted by atomic mass is 16.5. The van der Waals surface area contributed by atoms with Gasteiger partial charge in [0, 0.05) is 5.69 Å². The SMILES string of the molecule is COC(=O)[C@@H]1[C@H]2C=C[C@@](C(=O)Nc3ccccc3)(CC2)[C@H]1C(=O)OC. The highest BCUT2D eigenvalue weighted by molar-refractivity contribution is 6.01. The second kappa shape index (κ2) is 6.70. The van der Waals surface area contributed by atoms with Crippen molar-refractivity contribution in [1.29, 1.82) is 0 Å². The Morgan fingerprint density at radius 1 is 1.08 bits per heavy atom. The van der Waals surface area contributed by atoms with E-state index < -0.39 is 29.2 Å². The first kappa shape index (κ1) is 17.2. The van der Waals surface area contributed by atoms with E-state index in [1.165, 1.54) is 14.2 Å². The predicted octanol–water partition coefficient (Wildman–Crippen LogP) is 2.17. The van der Waals surface area contributed by atoms with Crippen LogP contribution in [0.4, 0.5) is 5.69 Å². The van der Waals surface area contributed by atoms with Crippen molar-refractivity contribution in [1.82, 2.24) is 0 Å². The van der Waals surface area contributed by atoms with Gasteiger partial charge in [-0.2, -0.15) is 0 Å². The molecule has 4 rings (SSSR count). The lowest BCUT2D eigenvalue weighted by atomic mass is 9.53. The van der Waals surface area contributed by atoms with Crippen LogP contribution in [0.2, 0.25) is 0 Å². The molecule has 1 amide bonds. The van der Waals surface area contributed by atoms with E-state index in [2.05, 4.69) is 5.32 Å². The van der Waals surface area contributed by atoms with Gasteiger partial charge in [-0.3, -0.25) is 14.4 Å². The highest BCUT2D eigenvalue weighted by Gasteiger charge is 2.60. The van der Waals surface area contributed by atoms with Crippen LogP contribution in [0.3, 0.4) is 0 Å². The summed E-state index contributed by atoms with van der Waals surface area (Å²) in [6, 6.07) is 9.03. The molecule has 1 fully saturated rings. The highest BCUT2D eigenvalue weighted by Crippen LogP contribution is 2.54. The van der Waals surface area contributed by atoms with E-state index in [-0.39, 0.29) is 11.8 Å². The van der Waals surface area contributed by atoms with Crippen LogP contribution in [-0.2, 0) is 23.9 Å². The molecule has 132 valence electrons. The monoisotopic (exact) mass is 343 g/mol. The summed E-state index contributed by atoms with van der Waals surface area (Å²) in [4.78, 5) is 37.9. The Kier molecular flexibility index (Phi) is 4.61. The van der Waals surface area contributed by atoms with E-state index >= 15 is 0 Å². The van der Waals surface area contributed by atoms with Crippen LogP contribution in [0.1, 0.15) is 12.8 Å². The van der Waals surface area contributed by atoms with Crippen LogP contribution < -0.4 is 5.32 Å². The third kappa shape index (κ3) is 2.81. The first-order chi connectivity index (χ1) is 12.0. The van der Waals surface area contributed by atoms with E-state index in [0.717, 1.165) is 0 Å². The Morgan fingerprint density at radius 2 is 1.76 bits per heavy atom. The zero-order valence-corrected chi connectivity index (χ0v) is 14.2. The third-order valence-corrected chi connectivity index (χ3v) is 5.29. The number of amides is 1. The number of benzene rings is 1. The Bertz CT molecular complexity index is 714. The third-order valence-electron chi connectivity index (χ3n) is 5.29. The van der Waals surface area contributed by atoms with Crippen LogP contribution in [0.25, 0.3) is 0 Å². The maximum Gasteiger partial charge on any atom is 0.310 e. The fourth-order valence-corrected chi connectivity index (χ4v) is 4.04. The topological polar surface area (TPSA) is 81.7 Å². The zero-order valence-electron chi connectivity index (χ0n) is 14.2. The number of fused-ring (bicyclic) bond motifs is 2. The molecule has 4 atom stereocenters. The molecule has 0 spiro atoms. The molecule has 1 aromatic rings. The van der Waals surface area contributed by atoms with Crippen LogP contribution in [0, 0.1) is 23.2 Å². The molecule has 3 aliphatic rings. The molecule has 25 heavy (non-hydrogen) atoms. The van der Waals surface area contributed by atoms with Gasteiger partial charge in [0.2, 0.25) is 5.91 Å². The molecule has 0 aromatic heterocycles. The van der Waals surface area contributed by atoms with E-state index in [1.807, 2.05) is 24.3 Å². The van der Waals surface area contributed by atoms with Gasteiger partial charge >= 0.3 is 11.9 Å². The molecule has 1 N–H and O–H groups in total. The molecule has 0 aliphatic heterocycles. The molecule has 2 bridgehead atoms. The van der Waals surface area contributed by atoms with Crippen molar-refractivity contribution in [2.75, 3.05) is 19.5 Å². The number of ether oxygens (including phenoxy) is 2. The van der Waals surface area contributed by atoms with E-state index in [4.69, 9.17) is 9.47 Å². The summed E-state index contributed by atoms with van der Waals surface area (Å²) in [5.74, 6) is -3.08. The van der Waals surface area contributed by atoms with Crippen LogP contribution in [-0.4, -0.2) is 32.1 Å². The first-order valence-electron chi connectivity index (χ1n) is 8.25. The number of hydrogen-bond acceptors (Lipinski definition) is 5. The average molecular weight is 343 g/mol. The average Bonchev–Trinajstić information content (AvgIpc) is 2.67. The maximum atomic E-state index is 13.1. The number of nitrogens with one attached hydrogen (secondary N) is 1. The minimum absolute atomic E-state index is 0.122. The van der Waals surface area contributed by atoms with Gasteiger partial charge in [-0.1, -0.05) is 30.4 Å². The lowest BCUT2D eigenvalue weighted by Gasteiger charge is -2.49. The van der Waals surface area contributed by atoms with Gasteiger partial charge in [0.25, 0.3) is 0 Å². The number of hydrogen-bond donors (Lipinski definition) is 1. The van der Waals surface area contributed by atoms with E-state index in [9.17, 15) is 14.4 Å². The molecular weight excluding hydrogens is 322 g/mol. The number of allylic oxidation sites excluding steroid dienone is 1. The second-order valence-corrected chi connectivity index (χ2v) is 6.47. The summed E-state index contributed by atoms with van der Waals surface area (Å²) in [5.41, 5.74) is -0.475. The Labute approximate surface area is 146 Å². The zero-order chi connectivity index (χ0) is 18.0. The van der Waals surface area contributed by atoms with Crippen molar-refractivity contribution >= 4 is 23.5 Å². The number of para-hydroxylation sites is 1. The van der Waals surface area contributed by atoms with Gasteiger partial charge < -0.3 is 14.8 Å². The van der Waals surface area contributed by atoms with Gasteiger partial charge in [0.05, 0.1) is 31.5 Å². The minimum Gasteiger partial charge on any atom is -0.469 e. The van der Waals surface area contributed by atoms with Gasteiger partial charge in [-0.25, -0.2) is 0 Å². The Balaban J connectivity index is 1.99. The molecule has 0 unspecified atom stereocenters. The van der Waals surface area contributed by atoms with Crippen molar-refractivity contribution in [3.8, 4) is 0 Å². The summed E-state index contributed by atoms with van der Waals surface area (Å²) >= 11 is 0. The van der Waals surface area contributed by atoms with Crippen LogP contribution in [0.5, 0.6) is 0 Å². The smallest absolute Gasteiger partial charge is 0.310 e. The number of anilines is 1. The quantitative estimate of drug-likeness (QED) is 0.669. The second-order valence-electron chi connectivity index (χ2n) is 6.47. The first-order valence-corrected chi connectivity index (χ1v) is 8.25. The summed E-state index contributed by atoms with van der Waals surface area (Å²) in [6.07, 6.45) is 4.75. The fourth-order valence-electron chi connectivity index (χ4n) is 4.04. The molecule has 1 aromatic carbocycles. The lowest BCUT2D eigenvalue weighted by Crippen LogP contribution is -2.57. The lowest BCUT2D eigenvalue weighted by molar-refractivity contribution is -0.171. The van der Waals surface area contributed by atoms with Gasteiger partial charge in [-0.15, -0.1) is 0 Å². The molecule has 0 saturated heterocycles. The fraction of sp³-hybridized carbons (Fsp3) is 0.421. The minimum atomic E-state index is -1.11. The number of carbonyl (C=O) groups excluding carboxylic acids is 3. The Morgan fingerprint density at radius 3 is 2.32 bits per heavy atom. The van der Waals surface area contributed by atoms with Crippen molar-refractivity contribution in [3.05, 3.63) is 42.5 Å². The van der Waals surface area contributed by atoms with Crippen LogP contribution >= 0.6 is 0 Å². The summed E-state index contributed by atoms with van der Waals surface area (Å²) < 4.78 is 9.83. The van der Waals surface area contributed by atoms with Gasteiger partial charge in [0.15, 0.2) is 0 Å². The van der Waals surface area contributed by atoms with Crippen molar-refractivity contribution < 1.29 is 23.9 Å². The van der Waals surface area contributed by atoms with Crippen molar-refractivity contribution in [2.45, 2.75) is 12.8 Å². The number of methoxy groups -OCH3 is 2. The molecule has 1 saturated carbocycles. The van der Waals surface area contributed by atoms with E-state index in [1.54, 1.807) is 18.2 Å². The number of esters is 2. The predicted molar refractivity (Wildman–Crippen MR) is 90.4 cm³/mol. The van der Waals surface area contributed by atoms with Gasteiger partial charge in [-0.05, 0) is 30.9 Å². The van der Waals surface area contributed by atoms with Gasteiger partial charge in [0.1, 0.15) is 0 Å². The standard InChI is InChI=1S/C19H21NO5/c1-24-16(21)14-12-8-10-19(11-9-12,15(14)17(22)25-2)18(23)20-13-6-4-3-5-7-13/h3-8,10,12,14-15H,9,11H2,1-2H3,(H,20,23)/t12-,14+,15+,19+/m0/s1. The summed E-state index contributed by atoms with van der Waals surface area (Å²) in [7, 11) is 2.56. The van der Waals surface area contributed by atoms with Crippen molar-refractivity contribution in [2.24, 2.45) is 23.2 Å². The number of carbonyl (C=O) groups is 3. The molecular formula is C19H21NO5. The molecule has 6 heteroatoms. The normalized spacial score (nSPS) is 29.8. The molecule has 0 heterocycles. The molecule has 6 nitrogen and oxygen atoms in total. The Hall–Kier alpha value is -2.63. The molecule has 3 aliphatic carbocycles. The number of rotatable bonds is 4. The van der Waals surface area contributed by atoms with E-state index in [0.29, 0.717) is 18.5 Å².